The van der Waals surface area contributed by atoms with Crippen molar-refractivity contribution < 1.29 is 14.7 Å². The van der Waals surface area contributed by atoms with Crippen molar-refractivity contribution in [3.63, 3.8) is 0 Å². The molecule has 2 rings (SSSR count). The number of carboxylic acids is 1. The van der Waals surface area contributed by atoms with Crippen LogP contribution in [-0.4, -0.2) is 36.6 Å². The van der Waals surface area contributed by atoms with Gasteiger partial charge in [0.05, 0.1) is 0 Å². The number of amides is 1. The lowest BCUT2D eigenvalue weighted by Gasteiger charge is -2.28. The number of rotatable bonds is 4. The van der Waals surface area contributed by atoms with E-state index >= 15 is 0 Å². The van der Waals surface area contributed by atoms with Crippen LogP contribution in [0.1, 0.15) is 12.8 Å². The second-order valence-electron chi connectivity index (χ2n) is 4.68. The summed E-state index contributed by atoms with van der Waals surface area (Å²) in [5.74, 6) is -1.16. The number of carboxylic acid groups (broad SMARTS) is 1. The molecule has 0 unspecified atom stereocenters. The zero-order chi connectivity index (χ0) is 13.7. The van der Waals surface area contributed by atoms with Gasteiger partial charge in [0.25, 0.3) is 0 Å². The number of carbonyl (C=O) groups excluding carboxylic acids is 1. The van der Waals surface area contributed by atoms with Crippen LogP contribution >= 0.6 is 0 Å². The zero-order valence-corrected chi connectivity index (χ0v) is 10.7. The summed E-state index contributed by atoms with van der Waals surface area (Å²) >= 11 is 0. The molecule has 0 saturated carbocycles. The van der Waals surface area contributed by atoms with E-state index in [1.54, 1.807) is 24.3 Å². The molecule has 0 aliphatic carbocycles. The Bertz CT molecular complexity index is 441. The van der Waals surface area contributed by atoms with Crippen LogP contribution < -0.4 is 10.2 Å². The first kappa shape index (κ1) is 13.5. The molecule has 1 aliphatic heterocycles. The number of benzene rings is 1. The highest BCUT2D eigenvalue weighted by molar-refractivity contribution is 5.98. The molecule has 0 radical (unpaired) electrons. The van der Waals surface area contributed by atoms with Crippen LogP contribution in [0, 0.1) is 5.92 Å². The number of para-hydroxylation sites is 1. The number of hydrogen-bond acceptors (Lipinski definition) is 3. The maximum atomic E-state index is 12.5. The molecule has 1 aromatic carbocycles. The smallest absolute Gasteiger partial charge is 0.323 e. The highest BCUT2D eigenvalue weighted by Crippen LogP contribution is 2.20. The zero-order valence-electron chi connectivity index (χ0n) is 10.7. The normalized spacial score (nSPS) is 16.0. The highest BCUT2D eigenvalue weighted by atomic mass is 16.4. The molecule has 2 N–H and O–H groups in total. The van der Waals surface area contributed by atoms with Gasteiger partial charge in [-0.2, -0.15) is 0 Å². The third-order valence-electron chi connectivity index (χ3n) is 3.32. The largest absolute Gasteiger partial charge is 0.480 e. The Labute approximate surface area is 112 Å². The number of anilines is 1. The molecule has 0 aromatic heterocycles. The molecule has 0 bridgehead atoms. The summed E-state index contributed by atoms with van der Waals surface area (Å²) in [5, 5.41) is 12.2. The Kier molecular flexibility index (Phi) is 4.52. The molecule has 0 spiro atoms. The lowest BCUT2D eigenvalue weighted by Crippen LogP contribution is -2.43. The Balaban J connectivity index is 2.17. The molecule has 1 aromatic rings. The first-order valence-electron chi connectivity index (χ1n) is 6.47. The van der Waals surface area contributed by atoms with E-state index in [4.69, 9.17) is 5.11 Å². The molecule has 1 fully saturated rings. The van der Waals surface area contributed by atoms with Crippen molar-refractivity contribution in [2.45, 2.75) is 12.8 Å². The highest BCUT2D eigenvalue weighted by Gasteiger charge is 2.27. The van der Waals surface area contributed by atoms with Crippen molar-refractivity contribution >= 4 is 17.6 Å². The van der Waals surface area contributed by atoms with E-state index in [9.17, 15) is 9.59 Å². The van der Waals surface area contributed by atoms with Gasteiger partial charge in [-0.05, 0) is 38.1 Å². The molecule has 1 aliphatic rings. The van der Waals surface area contributed by atoms with E-state index in [-0.39, 0.29) is 18.4 Å². The lowest BCUT2D eigenvalue weighted by atomic mass is 9.96. The number of nitrogens with one attached hydrogen (secondary N) is 1. The van der Waals surface area contributed by atoms with Gasteiger partial charge in [0.15, 0.2) is 0 Å². The van der Waals surface area contributed by atoms with Gasteiger partial charge in [0, 0.05) is 11.6 Å². The molecule has 19 heavy (non-hydrogen) atoms. The minimum absolute atomic E-state index is 0.0826. The summed E-state index contributed by atoms with van der Waals surface area (Å²) in [6.45, 7) is 1.34. The minimum atomic E-state index is -0.994. The molecular weight excluding hydrogens is 244 g/mol. The van der Waals surface area contributed by atoms with Crippen molar-refractivity contribution in [2.75, 3.05) is 24.5 Å². The van der Waals surface area contributed by atoms with Gasteiger partial charge in [-0.1, -0.05) is 18.2 Å². The number of carbonyl (C=O) groups is 2. The number of piperidine rings is 1. The number of aliphatic carboxylic acids is 1. The predicted octanol–water partition coefficient (Wildman–Crippen LogP) is 1.10. The van der Waals surface area contributed by atoms with Crippen LogP contribution in [-0.2, 0) is 9.59 Å². The van der Waals surface area contributed by atoms with Crippen LogP contribution in [0.2, 0.25) is 0 Å². The van der Waals surface area contributed by atoms with Crippen molar-refractivity contribution in [3.05, 3.63) is 30.3 Å². The summed E-state index contributed by atoms with van der Waals surface area (Å²) in [6, 6.07) is 8.99. The molecule has 1 saturated heterocycles. The average molecular weight is 262 g/mol. The van der Waals surface area contributed by atoms with Crippen molar-refractivity contribution in [1.29, 1.82) is 0 Å². The third kappa shape index (κ3) is 3.54. The van der Waals surface area contributed by atoms with Gasteiger partial charge in [-0.25, -0.2) is 0 Å². The predicted molar refractivity (Wildman–Crippen MR) is 72.0 cm³/mol. The van der Waals surface area contributed by atoms with Gasteiger partial charge in [0.2, 0.25) is 5.91 Å². The fourth-order valence-electron chi connectivity index (χ4n) is 2.33. The van der Waals surface area contributed by atoms with Gasteiger partial charge < -0.3 is 15.3 Å². The molecule has 102 valence electrons. The Hall–Kier alpha value is -1.88. The van der Waals surface area contributed by atoms with Gasteiger partial charge in [-0.15, -0.1) is 0 Å². The van der Waals surface area contributed by atoms with Crippen LogP contribution in [0.4, 0.5) is 5.69 Å². The van der Waals surface area contributed by atoms with Gasteiger partial charge in [0.1, 0.15) is 6.54 Å². The summed E-state index contributed by atoms with van der Waals surface area (Å²) in [5.41, 5.74) is 0.647. The van der Waals surface area contributed by atoms with E-state index < -0.39 is 5.97 Å². The van der Waals surface area contributed by atoms with Gasteiger partial charge >= 0.3 is 5.97 Å². The number of nitrogens with zero attached hydrogens (tertiary/aromatic N) is 1. The van der Waals surface area contributed by atoms with E-state index in [0.717, 1.165) is 25.9 Å². The maximum Gasteiger partial charge on any atom is 0.323 e. The topological polar surface area (TPSA) is 69.6 Å². The van der Waals surface area contributed by atoms with Crippen molar-refractivity contribution in [3.8, 4) is 0 Å². The summed E-state index contributed by atoms with van der Waals surface area (Å²) in [6.07, 6.45) is 1.53. The Morgan fingerprint density at radius 1 is 1.21 bits per heavy atom. The summed E-state index contributed by atoms with van der Waals surface area (Å²) in [7, 11) is 0. The fourth-order valence-corrected chi connectivity index (χ4v) is 2.33. The van der Waals surface area contributed by atoms with E-state index in [1.807, 2.05) is 6.07 Å². The third-order valence-corrected chi connectivity index (χ3v) is 3.32. The van der Waals surface area contributed by atoms with Gasteiger partial charge in [-0.3, -0.25) is 9.59 Å². The van der Waals surface area contributed by atoms with E-state index in [0.29, 0.717) is 5.69 Å². The van der Waals surface area contributed by atoms with Crippen molar-refractivity contribution in [2.24, 2.45) is 5.92 Å². The van der Waals surface area contributed by atoms with Crippen LogP contribution in [0.5, 0.6) is 0 Å². The van der Waals surface area contributed by atoms with E-state index in [1.165, 1.54) is 4.90 Å². The molecule has 1 amide bonds. The average Bonchev–Trinajstić information content (AvgIpc) is 2.46. The number of hydrogen-bond donors (Lipinski definition) is 2. The summed E-state index contributed by atoms with van der Waals surface area (Å²) < 4.78 is 0. The van der Waals surface area contributed by atoms with Crippen LogP contribution in [0.25, 0.3) is 0 Å². The Morgan fingerprint density at radius 2 is 1.84 bits per heavy atom. The second kappa shape index (κ2) is 6.33. The van der Waals surface area contributed by atoms with Crippen molar-refractivity contribution in [1.82, 2.24) is 5.32 Å². The molecule has 1 heterocycles. The maximum absolute atomic E-state index is 12.5. The first-order valence-corrected chi connectivity index (χ1v) is 6.47. The molecule has 0 atom stereocenters. The fraction of sp³-hybridized carbons (Fsp3) is 0.429. The van der Waals surface area contributed by atoms with E-state index in [2.05, 4.69) is 5.32 Å². The molecule has 5 heteroatoms. The SMILES string of the molecule is O=C(O)CN(C(=O)C1CCNCC1)c1ccccc1. The Morgan fingerprint density at radius 3 is 2.42 bits per heavy atom. The second-order valence-corrected chi connectivity index (χ2v) is 4.68. The molecule has 5 nitrogen and oxygen atoms in total. The monoisotopic (exact) mass is 262 g/mol. The summed E-state index contributed by atoms with van der Waals surface area (Å²) in [4.78, 5) is 24.8. The standard InChI is InChI=1S/C14H18N2O3/c17-13(18)10-16(12-4-2-1-3-5-12)14(19)11-6-8-15-9-7-11/h1-5,11,15H,6-10H2,(H,17,18). The first-order chi connectivity index (χ1) is 9.18. The lowest BCUT2D eigenvalue weighted by molar-refractivity contribution is -0.137. The van der Waals surface area contributed by atoms with Crippen LogP contribution in [0.15, 0.2) is 30.3 Å². The molecular formula is C14H18N2O3. The minimum Gasteiger partial charge on any atom is -0.480 e. The van der Waals surface area contributed by atoms with Crippen LogP contribution in [0.3, 0.4) is 0 Å². The quantitative estimate of drug-likeness (QED) is 0.852.